The van der Waals surface area contributed by atoms with Crippen LogP contribution in [0.1, 0.15) is 12.5 Å². The molecule has 5 nitrogen and oxygen atoms in total. The van der Waals surface area contributed by atoms with Crippen LogP contribution in [-0.4, -0.2) is 50.6 Å². The van der Waals surface area contributed by atoms with Gasteiger partial charge in [0, 0.05) is 37.3 Å². The number of methoxy groups -OCH3 is 1. The van der Waals surface area contributed by atoms with E-state index in [9.17, 15) is 0 Å². The number of anilines is 1. The molecular weight excluding hydrogens is 240 g/mol. The Morgan fingerprint density at radius 3 is 2.74 bits per heavy atom. The quantitative estimate of drug-likeness (QED) is 0.633. The second-order valence-corrected chi connectivity index (χ2v) is 5.10. The molecule has 1 unspecified atom stereocenters. The Bertz CT molecular complexity index is 475. The van der Waals surface area contributed by atoms with Crippen LogP contribution in [-0.2, 0) is 0 Å². The third kappa shape index (κ3) is 2.81. The van der Waals surface area contributed by atoms with Gasteiger partial charge in [0.2, 0.25) is 0 Å². The van der Waals surface area contributed by atoms with Crippen LogP contribution in [0, 0.1) is 5.41 Å². The van der Waals surface area contributed by atoms with Crippen molar-refractivity contribution in [2.45, 2.75) is 13.0 Å². The van der Waals surface area contributed by atoms with Gasteiger partial charge in [-0.25, -0.2) is 0 Å². The van der Waals surface area contributed by atoms with Gasteiger partial charge in [-0.15, -0.1) is 0 Å². The Labute approximate surface area is 114 Å². The zero-order chi connectivity index (χ0) is 14.0. The number of nitrogen functional groups attached to an aromatic ring is 1. The minimum absolute atomic E-state index is 0.101. The van der Waals surface area contributed by atoms with Crippen LogP contribution in [0.15, 0.2) is 18.2 Å². The summed E-state index contributed by atoms with van der Waals surface area (Å²) < 4.78 is 5.29. The first-order valence-electron chi connectivity index (χ1n) is 6.50. The van der Waals surface area contributed by atoms with E-state index in [0.717, 1.165) is 36.6 Å². The van der Waals surface area contributed by atoms with Crippen molar-refractivity contribution in [3.05, 3.63) is 23.8 Å². The van der Waals surface area contributed by atoms with Crippen LogP contribution in [0.2, 0.25) is 0 Å². The Morgan fingerprint density at radius 2 is 2.16 bits per heavy atom. The van der Waals surface area contributed by atoms with Gasteiger partial charge >= 0.3 is 0 Å². The fourth-order valence-corrected chi connectivity index (χ4v) is 2.60. The van der Waals surface area contributed by atoms with Gasteiger partial charge < -0.3 is 20.3 Å². The molecule has 0 bridgehead atoms. The maximum Gasteiger partial charge on any atom is 0.124 e. The highest BCUT2D eigenvalue weighted by Crippen LogP contribution is 2.28. The molecule has 1 saturated heterocycles. The maximum atomic E-state index is 7.73. The van der Waals surface area contributed by atoms with E-state index in [2.05, 4.69) is 23.8 Å². The minimum Gasteiger partial charge on any atom is -0.497 e. The molecule has 0 spiro atoms. The lowest BCUT2D eigenvalue weighted by Crippen LogP contribution is -2.51. The van der Waals surface area contributed by atoms with Gasteiger partial charge in [-0.05, 0) is 26.1 Å². The molecule has 3 N–H and O–H groups in total. The number of benzene rings is 1. The summed E-state index contributed by atoms with van der Waals surface area (Å²) in [6, 6.07) is 6.07. The van der Waals surface area contributed by atoms with E-state index in [1.165, 1.54) is 0 Å². The monoisotopic (exact) mass is 262 g/mol. The summed E-state index contributed by atoms with van der Waals surface area (Å²) >= 11 is 0. The van der Waals surface area contributed by atoms with Crippen LogP contribution in [0.4, 0.5) is 5.69 Å². The van der Waals surface area contributed by atoms with Crippen molar-refractivity contribution >= 4 is 11.5 Å². The molecule has 1 aliphatic rings. The van der Waals surface area contributed by atoms with Gasteiger partial charge in [-0.2, -0.15) is 0 Å². The van der Waals surface area contributed by atoms with Crippen molar-refractivity contribution < 1.29 is 4.74 Å². The Hall–Kier alpha value is -1.75. The number of nitrogens with zero attached hydrogens (tertiary/aromatic N) is 2. The smallest absolute Gasteiger partial charge is 0.124 e. The first kappa shape index (κ1) is 13.7. The second-order valence-electron chi connectivity index (χ2n) is 5.10. The lowest BCUT2D eigenvalue weighted by molar-refractivity contribution is 0.275. The van der Waals surface area contributed by atoms with E-state index in [-0.39, 0.29) is 5.84 Å². The van der Waals surface area contributed by atoms with Crippen LogP contribution in [0.3, 0.4) is 0 Å². The van der Waals surface area contributed by atoms with Gasteiger partial charge in [0.15, 0.2) is 0 Å². The van der Waals surface area contributed by atoms with Gasteiger partial charge in [0.25, 0.3) is 0 Å². The molecule has 0 amide bonds. The molecule has 1 aliphatic heterocycles. The highest BCUT2D eigenvalue weighted by atomic mass is 16.5. The number of likely N-dealkylation sites (N-methyl/N-ethyl adjacent to an activating group) is 1. The van der Waals surface area contributed by atoms with Crippen LogP contribution in [0.25, 0.3) is 0 Å². The largest absolute Gasteiger partial charge is 0.497 e. The van der Waals surface area contributed by atoms with Crippen molar-refractivity contribution in [3.63, 3.8) is 0 Å². The standard InChI is InChI=1S/C14H22N4O/c1-10-9-17(2)6-7-18(10)13-8-11(19-3)4-5-12(13)14(15)16/h4-5,8,10H,6-7,9H2,1-3H3,(H3,15,16). The zero-order valence-electron chi connectivity index (χ0n) is 11.8. The summed E-state index contributed by atoms with van der Waals surface area (Å²) in [5.74, 6) is 0.898. The molecule has 104 valence electrons. The number of nitrogens with one attached hydrogen (secondary N) is 1. The average molecular weight is 262 g/mol. The average Bonchev–Trinajstić information content (AvgIpc) is 2.38. The molecule has 0 radical (unpaired) electrons. The maximum absolute atomic E-state index is 7.73. The molecule has 1 heterocycles. The molecule has 1 aromatic carbocycles. The molecule has 0 saturated carbocycles. The first-order chi connectivity index (χ1) is 9.02. The lowest BCUT2D eigenvalue weighted by atomic mass is 10.1. The lowest BCUT2D eigenvalue weighted by Gasteiger charge is -2.40. The molecular formula is C14H22N4O. The first-order valence-corrected chi connectivity index (χ1v) is 6.50. The third-order valence-electron chi connectivity index (χ3n) is 3.64. The fraction of sp³-hybridized carbons (Fsp3) is 0.500. The highest BCUT2D eigenvalue weighted by molar-refractivity contribution is 6.00. The summed E-state index contributed by atoms with van der Waals surface area (Å²) in [5, 5.41) is 7.73. The summed E-state index contributed by atoms with van der Waals surface area (Å²) in [4.78, 5) is 4.62. The Balaban J connectivity index is 2.38. The number of ether oxygens (including phenoxy) is 1. The van der Waals surface area contributed by atoms with E-state index in [1.807, 2.05) is 18.2 Å². The van der Waals surface area contributed by atoms with E-state index in [1.54, 1.807) is 7.11 Å². The van der Waals surface area contributed by atoms with Crippen LogP contribution in [0.5, 0.6) is 5.75 Å². The topological polar surface area (TPSA) is 65.6 Å². The molecule has 1 atom stereocenters. The van der Waals surface area contributed by atoms with Crippen molar-refractivity contribution in [1.29, 1.82) is 5.41 Å². The van der Waals surface area contributed by atoms with Gasteiger partial charge in [0.1, 0.15) is 11.6 Å². The number of hydrogen-bond acceptors (Lipinski definition) is 4. The van der Waals surface area contributed by atoms with Crippen molar-refractivity contribution in [2.75, 3.05) is 38.7 Å². The van der Waals surface area contributed by atoms with E-state index >= 15 is 0 Å². The summed E-state index contributed by atoms with van der Waals surface area (Å²) in [5.41, 5.74) is 7.46. The van der Waals surface area contributed by atoms with Crippen LogP contribution >= 0.6 is 0 Å². The number of rotatable bonds is 3. The van der Waals surface area contributed by atoms with Gasteiger partial charge in [-0.3, -0.25) is 5.41 Å². The molecule has 5 heteroatoms. The molecule has 19 heavy (non-hydrogen) atoms. The minimum atomic E-state index is 0.101. The van der Waals surface area contributed by atoms with E-state index in [4.69, 9.17) is 15.9 Å². The predicted molar refractivity (Wildman–Crippen MR) is 78.3 cm³/mol. The number of nitrogens with two attached hydrogens (primary N) is 1. The normalized spacial score (nSPS) is 20.4. The zero-order valence-corrected chi connectivity index (χ0v) is 11.8. The predicted octanol–water partition coefficient (Wildman–Crippen LogP) is 1.12. The summed E-state index contributed by atoms with van der Waals surface area (Å²) in [7, 11) is 3.78. The SMILES string of the molecule is COc1ccc(C(=N)N)c(N2CCN(C)CC2C)c1. The highest BCUT2D eigenvalue weighted by Gasteiger charge is 2.24. The number of amidine groups is 1. The van der Waals surface area contributed by atoms with Crippen LogP contribution < -0.4 is 15.4 Å². The van der Waals surface area contributed by atoms with Crippen molar-refractivity contribution in [1.82, 2.24) is 4.90 Å². The number of hydrogen-bond donors (Lipinski definition) is 2. The second kappa shape index (κ2) is 5.48. The van der Waals surface area contributed by atoms with E-state index in [0.29, 0.717) is 6.04 Å². The van der Waals surface area contributed by atoms with Gasteiger partial charge in [0.05, 0.1) is 12.8 Å². The Kier molecular flexibility index (Phi) is 3.95. The molecule has 2 rings (SSSR count). The third-order valence-corrected chi connectivity index (χ3v) is 3.64. The van der Waals surface area contributed by atoms with Crippen molar-refractivity contribution in [3.8, 4) is 5.75 Å². The summed E-state index contributed by atoms with van der Waals surface area (Å²) in [6.07, 6.45) is 0. The number of piperazine rings is 1. The van der Waals surface area contributed by atoms with E-state index < -0.39 is 0 Å². The summed E-state index contributed by atoms with van der Waals surface area (Å²) in [6.45, 7) is 5.15. The van der Waals surface area contributed by atoms with Gasteiger partial charge in [-0.1, -0.05) is 0 Å². The molecule has 1 aromatic rings. The molecule has 0 aromatic heterocycles. The fourth-order valence-electron chi connectivity index (χ4n) is 2.60. The van der Waals surface area contributed by atoms with Crippen molar-refractivity contribution in [2.24, 2.45) is 5.73 Å². The Morgan fingerprint density at radius 1 is 1.42 bits per heavy atom. The molecule has 0 aliphatic carbocycles. The molecule has 1 fully saturated rings.